The molecule has 2 unspecified atom stereocenters. The van der Waals surface area contributed by atoms with Gasteiger partial charge in [-0.05, 0) is 57.7 Å². The van der Waals surface area contributed by atoms with Crippen molar-refractivity contribution in [2.24, 2.45) is 5.92 Å². The van der Waals surface area contributed by atoms with Crippen LogP contribution < -0.4 is 16.0 Å². The summed E-state index contributed by atoms with van der Waals surface area (Å²) >= 11 is 0. The molecule has 1 heterocycles. The van der Waals surface area contributed by atoms with E-state index < -0.39 is 23.8 Å². The van der Waals surface area contributed by atoms with Crippen LogP contribution in [0.3, 0.4) is 0 Å². The number of likely N-dealkylation sites (N-methyl/N-ethyl adjacent to an activating group) is 1. The summed E-state index contributed by atoms with van der Waals surface area (Å²) < 4.78 is 5.42. The molecule has 0 spiro atoms. The average molecular weight is 572 g/mol. The number of nitrogens with zero attached hydrogens (tertiary/aromatic N) is 2. The molecule has 10 nitrogen and oxygen atoms in total. The summed E-state index contributed by atoms with van der Waals surface area (Å²) in [5.41, 5.74) is 1.18. The highest BCUT2D eigenvalue weighted by atomic mass is 16.6. The largest absolute Gasteiger partial charge is 0.444 e. The van der Waals surface area contributed by atoms with Gasteiger partial charge in [0.05, 0.1) is 0 Å². The SMILES string of the molecule is CCC(=O)NC(Cc1ccc(CNC(=O)C(NC(=O)OC(C)(C)C)C2CCCCC2)cc1)C(=O)N1CCN(C)CC1. The fourth-order valence-electron chi connectivity index (χ4n) is 5.37. The number of hydrogen-bond donors (Lipinski definition) is 3. The standard InChI is InChI=1S/C31H49N5O5/c1-6-26(37)33-25(29(39)36-18-16-35(5)17-19-36)20-22-12-14-23(15-13-22)21-32-28(38)27(24-10-8-7-9-11-24)34-30(40)41-31(2,3)4/h12-15,24-25,27H,6-11,16-21H2,1-5H3,(H,32,38)(H,33,37)(H,34,40). The van der Waals surface area contributed by atoms with Crippen LogP contribution in [-0.4, -0.2) is 84.5 Å². The molecule has 2 fully saturated rings. The van der Waals surface area contributed by atoms with E-state index in [9.17, 15) is 19.2 Å². The van der Waals surface area contributed by atoms with Crippen LogP contribution in [0.15, 0.2) is 24.3 Å². The van der Waals surface area contributed by atoms with Crippen LogP contribution in [0.1, 0.15) is 77.3 Å². The lowest BCUT2D eigenvalue weighted by molar-refractivity contribution is -0.137. The number of amides is 4. The quantitative estimate of drug-likeness (QED) is 0.397. The molecular formula is C31H49N5O5. The molecule has 228 valence electrons. The lowest BCUT2D eigenvalue weighted by Crippen LogP contribution is -2.54. The topological polar surface area (TPSA) is 120 Å². The number of piperazine rings is 1. The third-order valence-electron chi connectivity index (χ3n) is 7.77. The van der Waals surface area contributed by atoms with Gasteiger partial charge in [-0.3, -0.25) is 14.4 Å². The van der Waals surface area contributed by atoms with Crippen LogP contribution in [-0.2, 0) is 32.1 Å². The van der Waals surface area contributed by atoms with E-state index in [4.69, 9.17) is 4.74 Å². The van der Waals surface area contributed by atoms with Gasteiger partial charge >= 0.3 is 6.09 Å². The Morgan fingerprint density at radius 3 is 2.12 bits per heavy atom. The summed E-state index contributed by atoms with van der Waals surface area (Å²) in [6.45, 7) is 10.4. The van der Waals surface area contributed by atoms with Crippen LogP contribution in [0.5, 0.6) is 0 Å². The van der Waals surface area contributed by atoms with Crippen molar-refractivity contribution < 1.29 is 23.9 Å². The van der Waals surface area contributed by atoms with Gasteiger partial charge in [0.25, 0.3) is 0 Å². The van der Waals surface area contributed by atoms with Crippen molar-refractivity contribution in [1.29, 1.82) is 0 Å². The maximum Gasteiger partial charge on any atom is 0.408 e. The Hall–Kier alpha value is -3.14. The van der Waals surface area contributed by atoms with Gasteiger partial charge in [-0.2, -0.15) is 0 Å². The number of ether oxygens (including phenoxy) is 1. The second-order valence-electron chi connectivity index (χ2n) is 12.4. The van der Waals surface area contributed by atoms with E-state index in [1.165, 1.54) is 0 Å². The zero-order valence-electron chi connectivity index (χ0n) is 25.5. The fraction of sp³-hybridized carbons (Fsp3) is 0.677. The summed E-state index contributed by atoms with van der Waals surface area (Å²) in [6, 6.07) is 6.44. The van der Waals surface area contributed by atoms with Crippen molar-refractivity contribution in [2.45, 2.75) is 96.9 Å². The highest BCUT2D eigenvalue weighted by molar-refractivity contribution is 5.88. The summed E-state index contributed by atoms with van der Waals surface area (Å²) in [5, 5.41) is 8.72. The van der Waals surface area contributed by atoms with Gasteiger partial charge in [-0.25, -0.2) is 4.79 Å². The predicted octanol–water partition coefficient (Wildman–Crippen LogP) is 2.99. The summed E-state index contributed by atoms with van der Waals surface area (Å²) in [6.07, 6.45) is 5.15. The highest BCUT2D eigenvalue weighted by Gasteiger charge is 2.32. The monoisotopic (exact) mass is 571 g/mol. The second kappa shape index (κ2) is 15.2. The Balaban J connectivity index is 1.61. The predicted molar refractivity (Wildman–Crippen MR) is 158 cm³/mol. The molecule has 4 amide bonds. The third-order valence-corrected chi connectivity index (χ3v) is 7.77. The molecule has 1 aliphatic heterocycles. The summed E-state index contributed by atoms with van der Waals surface area (Å²) in [7, 11) is 2.04. The molecule has 0 bridgehead atoms. The van der Waals surface area contributed by atoms with E-state index in [0.717, 1.165) is 56.3 Å². The smallest absolute Gasteiger partial charge is 0.408 e. The van der Waals surface area contributed by atoms with Crippen molar-refractivity contribution in [1.82, 2.24) is 25.8 Å². The molecule has 1 aromatic carbocycles. The molecule has 41 heavy (non-hydrogen) atoms. The number of carbonyl (C=O) groups is 4. The minimum absolute atomic E-state index is 0.0533. The molecule has 1 aliphatic carbocycles. The van der Waals surface area contributed by atoms with Gasteiger partial charge in [0.2, 0.25) is 17.7 Å². The Morgan fingerprint density at radius 2 is 1.54 bits per heavy atom. The van der Waals surface area contributed by atoms with Crippen LogP contribution in [0.2, 0.25) is 0 Å². The van der Waals surface area contributed by atoms with E-state index >= 15 is 0 Å². The minimum atomic E-state index is -0.646. The molecule has 1 saturated carbocycles. The zero-order chi connectivity index (χ0) is 30.0. The summed E-state index contributed by atoms with van der Waals surface area (Å²) in [4.78, 5) is 55.2. The van der Waals surface area contributed by atoms with E-state index in [1.54, 1.807) is 27.7 Å². The number of rotatable bonds is 10. The molecule has 0 radical (unpaired) electrons. The van der Waals surface area contributed by atoms with Crippen LogP contribution in [0, 0.1) is 5.92 Å². The molecule has 0 aromatic heterocycles. The zero-order valence-corrected chi connectivity index (χ0v) is 25.5. The van der Waals surface area contributed by atoms with Gasteiger partial charge in [0.15, 0.2) is 0 Å². The van der Waals surface area contributed by atoms with Crippen molar-refractivity contribution in [3.05, 3.63) is 35.4 Å². The van der Waals surface area contributed by atoms with Crippen LogP contribution in [0.25, 0.3) is 0 Å². The average Bonchev–Trinajstić information content (AvgIpc) is 2.94. The van der Waals surface area contributed by atoms with E-state index in [2.05, 4.69) is 20.9 Å². The maximum absolute atomic E-state index is 13.3. The van der Waals surface area contributed by atoms with Crippen molar-refractivity contribution in [3.63, 3.8) is 0 Å². The number of carbonyl (C=O) groups excluding carboxylic acids is 4. The first-order valence-electron chi connectivity index (χ1n) is 15.1. The van der Waals surface area contributed by atoms with Crippen molar-refractivity contribution >= 4 is 23.8 Å². The normalized spacial score (nSPS) is 18.2. The van der Waals surface area contributed by atoms with Gasteiger partial charge in [-0.1, -0.05) is 50.5 Å². The molecule has 2 aliphatic rings. The molecule has 2 atom stereocenters. The molecule has 1 aromatic rings. The first-order chi connectivity index (χ1) is 19.4. The van der Waals surface area contributed by atoms with Gasteiger partial charge in [0.1, 0.15) is 17.7 Å². The first-order valence-corrected chi connectivity index (χ1v) is 15.1. The van der Waals surface area contributed by atoms with E-state index in [-0.39, 0.29) is 23.6 Å². The maximum atomic E-state index is 13.3. The first kappa shape index (κ1) is 32.4. The van der Waals surface area contributed by atoms with E-state index in [1.807, 2.05) is 36.2 Å². The molecule has 3 N–H and O–H groups in total. The lowest BCUT2D eigenvalue weighted by Gasteiger charge is -2.34. The van der Waals surface area contributed by atoms with Gasteiger partial charge in [-0.15, -0.1) is 0 Å². The van der Waals surface area contributed by atoms with Gasteiger partial charge < -0.3 is 30.5 Å². The Kier molecular flexibility index (Phi) is 12.0. The third kappa shape index (κ3) is 10.6. The molecule has 3 rings (SSSR count). The fourth-order valence-corrected chi connectivity index (χ4v) is 5.37. The highest BCUT2D eigenvalue weighted by Crippen LogP contribution is 2.27. The molecular weight excluding hydrogens is 522 g/mol. The number of alkyl carbamates (subject to hydrolysis) is 1. The number of nitrogens with one attached hydrogen (secondary N) is 3. The minimum Gasteiger partial charge on any atom is -0.444 e. The number of benzene rings is 1. The number of hydrogen-bond acceptors (Lipinski definition) is 6. The molecule has 1 saturated heterocycles. The lowest BCUT2D eigenvalue weighted by atomic mass is 9.83. The van der Waals surface area contributed by atoms with Crippen molar-refractivity contribution in [3.8, 4) is 0 Å². The van der Waals surface area contributed by atoms with Gasteiger partial charge in [0, 0.05) is 45.6 Å². The Bertz CT molecular complexity index is 1020. The van der Waals surface area contributed by atoms with E-state index in [0.29, 0.717) is 32.5 Å². The Morgan fingerprint density at radius 1 is 0.927 bits per heavy atom. The second-order valence-corrected chi connectivity index (χ2v) is 12.4. The van der Waals surface area contributed by atoms with Crippen LogP contribution in [0.4, 0.5) is 4.79 Å². The van der Waals surface area contributed by atoms with Crippen LogP contribution >= 0.6 is 0 Å². The summed E-state index contributed by atoms with van der Waals surface area (Å²) in [5.74, 6) is -0.342. The Labute approximate surface area is 244 Å². The molecule has 10 heteroatoms. The van der Waals surface area contributed by atoms with Crippen molar-refractivity contribution in [2.75, 3.05) is 33.2 Å².